The maximum atomic E-state index is 12.5. The molecule has 0 spiro atoms. The normalized spacial score (nSPS) is 37.4. The molecule has 0 saturated heterocycles. The van der Waals surface area contributed by atoms with Gasteiger partial charge in [-0.15, -0.1) is 0 Å². The number of rotatable bonds is 0. The van der Waals surface area contributed by atoms with E-state index in [9.17, 15) is 18.3 Å². The molecule has 0 aromatic heterocycles. The first-order valence-corrected chi connectivity index (χ1v) is 4.49. The van der Waals surface area contributed by atoms with E-state index in [0.29, 0.717) is 18.6 Å². The van der Waals surface area contributed by atoms with E-state index in [0.717, 1.165) is 6.42 Å². The number of alkyl halides is 3. The molecule has 1 N–H and O–H groups in total. The number of halogens is 3. The van der Waals surface area contributed by atoms with Crippen molar-refractivity contribution in [2.24, 2.45) is 11.1 Å². The molecule has 1 aliphatic carbocycles. The molecule has 0 radical (unpaired) electrons. The molecule has 2 rings (SSSR count). The lowest BCUT2D eigenvalue weighted by molar-refractivity contribution is -0.370. The van der Waals surface area contributed by atoms with Crippen LogP contribution in [0.1, 0.15) is 25.7 Å². The number of oxime groups is 1. The second-order valence-electron chi connectivity index (χ2n) is 3.67. The lowest BCUT2D eigenvalue weighted by Crippen LogP contribution is -2.52. The standard InChI is InChI=1S/C8H10F3NO2/c9-8(10,11)7(13)5-3-1-2-4-6(5)12-14-7/h5,13H,1-4H2/t5-,7-/m0/s1. The monoisotopic (exact) mass is 209 g/mol. The van der Waals surface area contributed by atoms with Crippen molar-refractivity contribution in [2.75, 3.05) is 0 Å². The summed E-state index contributed by atoms with van der Waals surface area (Å²) in [4.78, 5) is 4.17. The Hall–Kier alpha value is -0.780. The van der Waals surface area contributed by atoms with Crippen LogP contribution in [0.4, 0.5) is 13.2 Å². The van der Waals surface area contributed by atoms with E-state index in [1.54, 1.807) is 0 Å². The van der Waals surface area contributed by atoms with Crippen LogP contribution in [0.5, 0.6) is 0 Å². The highest BCUT2D eigenvalue weighted by Gasteiger charge is 2.66. The van der Waals surface area contributed by atoms with Crippen molar-refractivity contribution in [3.63, 3.8) is 0 Å². The molecule has 1 heterocycles. The van der Waals surface area contributed by atoms with Gasteiger partial charge in [-0.25, -0.2) is 0 Å². The Bertz CT molecular complexity index is 276. The van der Waals surface area contributed by atoms with E-state index in [1.165, 1.54) is 0 Å². The third-order valence-electron chi connectivity index (χ3n) is 2.76. The molecule has 1 saturated carbocycles. The van der Waals surface area contributed by atoms with Crippen molar-refractivity contribution in [3.8, 4) is 0 Å². The average Bonchev–Trinajstić information content (AvgIpc) is 2.45. The average molecular weight is 209 g/mol. The fourth-order valence-electron chi connectivity index (χ4n) is 1.97. The zero-order valence-corrected chi connectivity index (χ0v) is 7.34. The molecule has 1 fully saturated rings. The van der Waals surface area contributed by atoms with Gasteiger partial charge in [0, 0.05) is 0 Å². The van der Waals surface area contributed by atoms with Crippen molar-refractivity contribution in [1.82, 2.24) is 0 Å². The Balaban J connectivity index is 2.25. The quantitative estimate of drug-likeness (QED) is 0.661. The van der Waals surface area contributed by atoms with Gasteiger partial charge in [-0.05, 0) is 19.3 Å². The molecular weight excluding hydrogens is 199 g/mol. The summed E-state index contributed by atoms with van der Waals surface area (Å²) in [6.45, 7) is 0. The van der Waals surface area contributed by atoms with Crippen LogP contribution < -0.4 is 0 Å². The number of hydrogen-bond acceptors (Lipinski definition) is 3. The largest absolute Gasteiger partial charge is 0.458 e. The minimum absolute atomic E-state index is 0.287. The minimum atomic E-state index is -4.78. The van der Waals surface area contributed by atoms with Crippen LogP contribution in [-0.4, -0.2) is 22.8 Å². The SMILES string of the molecule is O[C@]1(C(F)(F)F)ON=C2CCCC[C@@H]21. The summed E-state index contributed by atoms with van der Waals surface area (Å²) in [7, 11) is 0. The van der Waals surface area contributed by atoms with Gasteiger partial charge in [0.15, 0.2) is 0 Å². The predicted octanol–water partition coefficient (Wildman–Crippen LogP) is 1.81. The summed E-state index contributed by atoms with van der Waals surface area (Å²) in [5, 5.41) is 12.7. The summed E-state index contributed by atoms with van der Waals surface area (Å²) in [6.07, 6.45) is -2.52. The highest BCUT2D eigenvalue weighted by Crippen LogP contribution is 2.46. The molecule has 6 heteroatoms. The van der Waals surface area contributed by atoms with Crippen LogP contribution in [0.3, 0.4) is 0 Å². The van der Waals surface area contributed by atoms with E-state index in [1.807, 2.05) is 0 Å². The molecule has 3 nitrogen and oxygen atoms in total. The van der Waals surface area contributed by atoms with Crippen LogP contribution in [0, 0.1) is 5.92 Å². The smallest absolute Gasteiger partial charge is 0.350 e. The van der Waals surface area contributed by atoms with Gasteiger partial charge in [-0.2, -0.15) is 13.2 Å². The fraction of sp³-hybridized carbons (Fsp3) is 0.875. The third kappa shape index (κ3) is 1.20. The van der Waals surface area contributed by atoms with Crippen LogP contribution in [0.25, 0.3) is 0 Å². The number of hydrogen-bond donors (Lipinski definition) is 1. The predicted molar refractivity (Wildman–Crippen MR) is 41.5 cm³/mol. The molecule has 14 heavy (non-hydrogen) atoms. The third-order valence-corrected chi connectivity index (χ3v) is 2.76. The Kier molecular flexibility index (Phi) is 1.99. The van der Waals surface area contributed by atoms with Gasteiger partial charge in [0.2, 0.25) is 0 Å². The van der Waals surface area contributed by atoms with E-state index >= 15 is 0 Å². The number of nitrogens with zero attached hydrogens (tertiary/aromatic N) is 1. The number of fused-ring (bicyclic) bond motifs is 1. The summed E-state index contributed by atoms with van der Waals surface area (Å²) in [5.74, 6) is -4.08. The van der Waals surface area contributed by atoms with Crippen molar-refractivity contribution >= 4 is 5.71 Å². The van der Waals surface area contributed by atoms with Gasteiger partial charge >= 0.3 is 12.0 Å². The molecular formula is C8H10F3NO2. The van der Waals surface area contributed by atoms with Crippen molar-refractivity contribution < 1.29 is 23.1 Å². The molecule has 0 aromatic rings. The second kappa shape index (κ2) is 2.85. The molecule has 0 bridgehead atoms. The fourth-order valence-corrected chi connectivity index (χ4v) is 1.97. The second-order valence-corrected chi connectivity index (χ2v) is 3.67. The van der Waals surface area contributed by atoms with Crippen molar-refractivity contribution in [1.29, 1.82) is 0 Å². The van der Waals surface area contributed by atoms with E-state index in [4.69, 9.17) is 0 Å². The molecule has 0 unspecified atom stereocenters. The highest BCUT2D eigenvalue weighted by molar-refractivity contribution is 5.89. The Morgan fingerprint density at radius 2 is 2.14 bits per heavy atom. The number of aliphatic hydroxyl groups is 1. The summed E-state index contributed by atoms with van der Waals surface area (Å²) < 4.78 is 37.4. The lowest BCUT2D eigenvalue weighted by atomic mass is 9.82. The minimum Gasteiger partial charge on any atom is -0.350 e. The van der Waals surface area contributed by atoms with E-state index < -0.39 is 17.9 Å². The summed E-state index contributed by atoms with van der Waals surface area (Å²) in [6, 6.07) is 0. The summed E-state index contributed by atoms with van der Waals surface area (Å²) in [5.41, 5.74) is 0.344. The van der Waals surface area contributed by atoms with E-state index in [2.05, 4.69) is 9.99 Å². The van der Waals surface area contributed by atoms with Crippen LogP contribution in [0.2, 0.25) is 0 Å². The van der Waals surface area contributed by atoms with Gasteiger partial charge < -0.3 is 9.94 Å². The molecule has 2 atom stereocenters. The molecule has 80 valence electrons. The Labute approximate surface area is 78.5 Å². The lowest BCUT2D eigenvalue weighted by Gasteiger charge is -2.31. The molecule has 0 aromatic carbocycles. The van der Waals surface area contributed by atoms with Gasteiger partial charge in [-0.3, -0.25) is 0 Å². The highest BCUT2D eigenvalue weighted by atomic mass is 19.4. The zero-order chi connectivity index (χ0) is 10.4. The van der Waals surface area contributed by atoms with Gasteiger partial charge in [-0.1, -0.05) is 11.6 Å². The van der Waals surface area contributed by atoms with Crippen LogP contribution in [-0.2, 0) is 4.84 Å². The maximum absolute atomic E-state index is 12.5. The first-order chi connectivity index (χ1) is 6.45. The first-order valence-electron chi connectivity index (χ1n) is 4.49. The van der Waals surface area contributed by atoms with Gasteiger partial charge in [0.05, 0.1) is 11.6 Å². The maximum Gasteiger partial charge on any atom is 0.458 e. The first kappa shape index (κ1) is 9.76. The molecule has 0 amide bonds. The zero-order valence-electron chi connectivity index (χ0n) is 7.34. The van der Waals surface area contributed by atoms with Crippen LogP contribution in [0.15, 0.2) is 5.16 Å². The van der Waals surface area contributed by atoms with Crippen molar-refractivity contribution in [3.05, 3.63) is 0 Å². The van der Waals surface area contributed by atoms with Crippen molar-refractivity contribution in [2.45, 2.75) is 37.6 Å². The molecule has 2 aliphatic rings. The van der Waals surface area contributed by atoms with Gasteiger partial charge in [0.1, 0.15) is 0 Å². The Morgan fingerprint density at radius 1 is 1.43 bits per heavy atom. The van der Waals surface area contributed by atoms with Gasteiger partial charge in [0.25, 0.3) is 0 Å². The topological polar surface area (TPSA) is 41.8 Å². The Morgan fingerprint density at radius 3 is 2.79 bits per heavy atom. The van der Waals surface area contributed by atoms with E-state index in [-0.39, 0.29) is 6.42 Å². The molecule has 1 aliphatic heterocycles. The summed E-state index contributed by atoms with van der Waals surface area (Å²) >= 11 is 0. The van der Waals surface area contributed by atoms with Crippen LogP contribution >= 0.6 is 0 Å².